The summed E-state index contributed by atoms with van der Waals surface area (Å²) in [6, 6.07) is 7.58. The number of aliphatic carboxylic acids is 1. The molecule has 1 N–H and O–H groups in total. The first kappa shape index (κ1) is 14.1. The summed E-state index contributed by atoms with van der Waals surface area (Å²) in [4.78, 5) is 17.1. The summed E-state index contributed by atoms with van der Waals surface area (Å²) in [7, 11) is 0. The summed E-state index contributed by atoms with van der Waals surface area (Å²) in [5, 5.41) is 10.4. The van der Waals surface area contributed by atoms with Gasteiger partial charge in [0.15, 0.2) is 0 Å². The van der Waals surface area contributed by atoms with E-state index in [1.54, 1.807) is 6.20 Å². The molecule has 1 aromatic heterocycles. The number of nitrogens with zero attached hydrogens (tertiary/aromatic N) is 2. The lowest BCUT2D eigenvalue weighted by atomic mass is 9.95. The molecule has 0 radical (unpaired) electrons. The third-order valence-electron chi connectivity index (χ3n) is 3.62. The summed E-state index contributed by atoms with van der Waals surface area (Å²) < 4.78 is 5.43. The number of ether oxygens (including phenoxy) is 1. The average molecular weight is 307 g/mol. The molecule has 2 heterocycles. The number of benzene rings is 1. The van der Waals surface area contributed by atoms with E-state index in [0.717, 1.165) is 16.6 Å². The summed E-state index contributed by atoms with van der Waals surface area (Å²) in [5.74, 6) is -0.946. The first-order valence-corrected chi connectivity index (χ1v) is 7.00. The highest BCUT2D eigenvalue weighted by atomic mass is 35.5. The van der Waals surface area contributed by atoms with Crippen LogP contribution in [0.25, 0.3) is 10.9 Å². The van der Waals surface area contributed by atoms with Crippen LogP contribution in [0.2, 0.25) is 5.02 Å². The van der Waals surface area contributed by atoms with Crippen molar-refractivity contribution in [3.63, 3.8) is 0 Å². The van der Waals surface area contributed by atoms with Gasteiger partial charge in [0.2, 0.25) is 0 Å². The van der Waals surface area contributed by atoms with Crippen LogP contribution in [0.3, 0.4) is 0 Å². The minimum Gasteiger partial charge on any atom is -0.480 e. The van der Waals surface area contributed by atoms with Gasteiger partial charge < -0.3 is 14.7 Å². The zero-order valence-corrected chi connectivity index (χ0v) is 12.3. The van der Waals surface area contributed by atoms with Gasteiger partial charge in [0.05, 0.1) is 5.52 Å². The van der Waals surface area contributed by atoms with Crippen LogP contribution in [0.5, 0.6) is 0 Å². The van der Waals surface area contributed by atoms with Crippen molar-refractivity contribution >= 4 is 34.2 Å². The lowest BCUT2D eigenvalue weighted by Gasteiger charge is -2.48. The molecule has 0 aliphatic carbocycles. The van der Waals surface area contributed by atoms with Crippen LogP contribution in [-0.2, 0) is 9.53 Å². The highest BCUT2D eigenvalue weighted by Crippen LogP contribution is 2.34. The Bertz CT molecular complexity index is 698. The van der Waals surface area contributed by atoms with Gasteiger partial charge in [0, 0.05) is 35.4 Å². The Morgan fingerprint density at radius 3 is 2.95 bits per heavy atom. The van der Waals surface area contributed by atoms with Gasteiger partial charge in [0.25, 0.3) is 0 Å². The molecule has 0 spiro atoms. The number of hydrogen-bond donors (Lipinski definition) is 1. The predicted molar refractivity (Wildman–Crippen MR) is 81.0 cm³/mol. The van der Waals surface area contributed by atoms with Gasteiger partial charge >= 0.3 is 5.97 Å². The molecule has 1 aromatic carbocycles. The third-order valence-corrected chi connectivity index (χ3v) is 3.85. The van der Waals surface area contributed by atoms with Crippen molar-refractivity contribution in [2.24, 2.45) is 0 Å². The molecule has 2 aromatic rings. The lowest BCUT2D eigenvalue weighted by Crippen LogP contribution is -2.62. The molecule has 0 bridgehead atoms. The summed E-state index contributed by atoms with van der Waals surface area (Å²) >= 11 is 5.99. The molecule has 5 nitrogen and oxygen atoms in total. The zero-order valence-electron chi connectivity index (χ0n) is 11.5. The van der Waals surface area contributed by atoms with E-state index in [2.05, 4.69) is 9.88 Å². The first-order chi connectivity index (χ1) is 9.97. The van der Waals surface area contributed by atoms with Crippen molar-refractivity contribution in [3.8, 4) is 0 Å². The highest BCUT2D eigenvalue weighted by molar-refractivity contribution is 6.31. The molecule has 1 fully saturated rings. The number of anilines is 1. The van der Waals surface area contributed by atoms with Gasteiger partial charge in [-0.1, -0.05) is 11.6 Å². The van der Waals surface area contributed by atoms with Crippen molar-refractivity contribution in [2.45, 2.75) is 12.5 Å². The fourth-order valence-electron chi connectivity index (χ4n) is 2.64. The molecule has 110 valence electrons. The van der Waals surface area contributed by atoms with Crippen LogP contribution in [0, 0.1) is 0 Å². The fraction of sp³-hybridized carbons (Fsp3) is 0.333. The number of rotatable bonds is 4. The summed E-state index contributed by atoms with van der Waals surface area (Å²) in [6.07, 6.45) is 1.75. The van der Waals surface area contributed by atoms with Crippen molar-refractivity contribution in [2.75, 3.05) is 24.6 Å². The Morgan fingerprint density at radius 2 is 2.24 bits per heavy atom. The van der Waals surface area contributed by atoms with Crippen LogP contribution < -0.4 is 4.90 Å². The topological polar surface area (TPSA) is 62.7 Å². The lowest BCUT2D eigenvalue weighted by molar-refractivity contribution is -0.150. The van der Waals surface area contributed by atoms with Gasteiger partial charge in [-0.2, -0.15) is 0 Å². The van der Waals surface area contributed by atoms with E-state index in [1.165, 1.54) is 0 Å². The number of carbonyl (C=O) groups is 1. The van der Waals surface area contributed by atoms with Crippen LogP contribution in [0.4, 0.5) is 5.69 Å². The maximum atomic E-state index is 10.6. The van der Waals surface area contributed by atoms with Crippen molar-refractivity contribution in [1.29, 1.82) is 0 Å². The molecule has 6 heteroatoms. The van der Waals surface area contributed by atoms with Gasteiger partial charge in [-0.15, -0.1) is 0 Å². The Morgan fingerprint density at radius 1 is 1.48 bits per heavy atom. The molecule has 0 amide bonds. The molecule has 1 aliphatic rings. The number of pyridine rings is 1. The van der Waals surface area contributed by atoms with Crippen molar-refractivity contribution in [1.82, 2.24) is 4.98 Å². The van der Waals surface area contributed by atoms with E-state index in [9.17, 15) is 4.79 Å². The quantitative estimate of drug-likeness (QED) is 0.940. The number of hydrogen-bond acceptors (Lipinski definition) is 4. The Labute approximate surface area is 127 Å². The molecule has 1 saturated heterocycles. The summed E-state index contributed by atoms with van der Waals surface area (Å²) in [6.45, 7) is 2.97. The molecule has 0 saturated carbocycles. The van der Waals surface area contributed by atoms with Crippen LogP contribution in [0.1, 0.15) is 6.92 Å². The standard InChI is InChI=1S/C15H15ClN2O3/c1-15(21-7-14(19)20)8-18(9-15)13-4-5-17-12-6-10(16)2-3-11(12)13/h2-6H,7-9H2,1H3,(H,19,20). The normalized spacial score (nSPS) is 16.8. The van der Waals surface area contributed by atoms with Gasteiger partial charge in [0.1, 0.15) is 12.2 Å². The first-order valence-electron chi connectivity index (χ1n) is 6.62. The van der Waals surface area contributed by atoms with Crippen LogP contribution >= 0.6 is 11.6 Å². The fourth-order valence-corrected chi connectivity index (χ4v) is 2.81. The van der Waals surface area contributed by atoms with E-state index in [0.29, 0.717) is 18.1 Å². The smallest absolute Gasteiger partial charge is 0.329 e. The zero-order chi connectivity index (χ0) is 15.0. The number of halogens is 1. The molecule has 3 rings (SSSR count). The Hall–Kier alpha value is -1.85. The predicted octanol–water partition coefficient (Wildman–Crippen LogP) is 2.57. The SMILES string of the molecule is CC1(OCC(=O)O)CN(c2ccnc3cc(Cl)ccc23)C1. The largest absolute Gasteiger partial charge is 0.480 e. The van der Waals surface area contributed by atoms with E-state index in [1.807, 2.05) is 31.2 Å². The van der Waals surface area contributed by atoms with Gasteiger partial charge in [-0.25, -0.2) is 4.79 Å². The van der Waals surface area contributed by atoms with Crippen molar-refractivity contribution in [3.05, 3.63) is 35.5 Å². The minimum atomic E-state index is -0.946. The molecule has 21 heavy (non-hydrogen) atoms. The third kappa shape index (κ3) is 2.80. The average Bonchev–Trinajstić information content (AvgIpc) is 2.41. The number of carboxylic acids is 1. The second-order valence-corrected chi connectivity index (χ2v) is 5.92. The van der Waals surface area contributed by atoms with E-state index < -0.39 is 11.6 Å². The van der Waals surface area contributed by atoms with E-state index >= 15 is 0 Å². The highest BCUT2D eigenvalue weighted by Gasteiger charge is 2.40. The number of fused-ring (bicyclic) bond motifs is 1. The molecule has 0 unspecified atom stereocenters. The molecule has 1 aliphatic heterocycles. The van der Waals surface area contributed by atoms with Gasteiger partial charge in [-0.3, -0.25) is 4.98 Å². The molecule has 0 atom stereocenters. The van der Waals surface area contributed by atoms with Gasteiger partial charge in [-0.05, 0) is 31.2 Å². The maximum Gasteiger partial charge on any atom is 0.329 e. The van der Waals surface area contributed by atoms with Crippen LogP contribution in [0.15, 0.2) is 30.5 Å². The second kappa shape index (κ2) is 5.16. The van der Waals surface area contributed by atoms with E-state index in [4.69, 9.17) is 21.4 Å². The Balaban J connectivity index is 1.79. The van der Waals surface area contributed by atoms with E-state index in [-0.39, 0.29) is 6.61 Å². The molecular formula is C15H15ClN2O3. The number of carboxylic acid groups (broad SMARTS) is 1. The van der Waals surface area contributed by atoms with Crippen LogP contribution in [-0.4, -0.2) is 41.4 Å². The maximum absolute atomic E-state index is 10.6. The molecular weight excluding hydrogens is 292 g/mol. The summed E-state index contributed by atoms with van der Waals surface area (Å²) in [5.41, 5.74) is 1.49. The monoisotopic (exact) mass is 306 g/mol. The second-order valence-electron chi connectivity index (χ2n) is 5.48. The number of aromatic nitrogens is 1. The minimum absolute atomic E-state index is 0.267. The Kier molecular flexibility index (Phi) is 3.47. The van der Waals surface area contributed by atoms with Crippen molar-refractivity contribution < 1.29 is 14.6 Å².